The van der Waals surface area contributed by atoms with Crippen LogP contribution in [0.2, 0.25) is 0 Å². The zero-order valence-electron chi connectivity index (χ0n) is 16.2. The van der Waals surface area contributed by atoms with Crippen LogP contribution in [0.4, 0.5) is 13.2 Å². The molecule has 3 atom stereocenters. The van der Waals surface area contributed by atoms with Crippen molar-refractivity contribution in [2.24, 2.45) is 5.92 Å². The Bertz CT molecular complexity index is 1090. The summed E-state index contributed by atoms with van der Waals surface area (Å²) < 4.78 is 69.6. The molecule has 30 heavy (non-hydrogen) atoms. The number of rotatable bonds is 5. The van der Waals surface area contributed by atoms with Gasteiger partial charge in [0, 0.05) is 25.6 Å². The summed E-state index contributed by atoms with van der Waals surface area (Å²) in [4.78, 5) is 14.3. The first-order chi connectivity index (χ1) is 14.1. The molecule has 0 radical (unpaired) electrons. The minimum atomic E-state index is -3.40. The fourth-order valence-corrected chi connectivity index (χ4v) is 5.02. The smallest absolute Gasteiger partial charge is 0.229 e. The van der Waals surface area contributed by atoms with Crippen LogP contribution in [0.5, 0.6) is 0 Å². The summed E-state index contributed by atoms with van der Waals surface area (Å²) in [6.45, 7) is 0.490. The Hall–Kier alpha value is -2.39. The number of alkyl halides is 1. The molecule has 0 aromatic heterocycles. The Labute approximate surface area is 172 Å². The molecule has 2 aliphatic rings. The quantitative estimate of drug-likeness (QED) is 0.781. The summed E-state index contributed by atoms with van der Waals surface area (Å²) in [6, 6.07) is 9.07. The van der Waals surface area contributed by atoms with Gasteiger partial charge >= 0.3 is 0 Å². The fraction of sp³-hybridized carbons (Fsp3) is 0.381. The first-order valence-electron chi connectivity index (χ1n) is 9.59. The van der Waals surface area contributed by atoms with Crippen LogP contribution < -0.4 is 4.72 Å². The number of nitrogens with one attached hydrogen (secondary N) is 1. The number of amides is 1. The van der Waals surface area contributed by atoms with Crippen molar-refractivity contribution in [2.45, 2.75) is 24.6 Å². The van der Waals surface area contributed by atoms with E-state index in [1.54, 1.807) is 12.1 Å². The van der Waals surface area contributed by atoms with Crippen molar-refractivity contribution in [3.8, 4) is 11.1 Å². The molecule has 1 amide bonds. The second-order valence-corrected chi connectivity index (χ2v) is 9.70. The molecule has 1 saturated heterocycles. The molecule has 2 fully saturated rings. The van der Waals surface area contributed by atoms with Gasteiger partial charge < -0.3 is 4.90 Å². The van der Waals surface area contributed by atoms with Crippen LogP contribution in [-0.2, 0) is 20.5 Å². The Morgan fingerprint density at radius 2 is 1.80 bits per heavy atom. The number of hydrogen-bond donors (Lipinski definition) is 1. The number of halogens is 3. The Balaban J connectivity index is 1.57. The molecule has 160 valence electrons. The van der Waals surface area contributed by atoms with Gasteiger partial charge in [0.05, 0.1) is 17.7 Å². The maximum absolute atomic E-state index is 15.8. The van der Waals surface area contributed by atoms with Crippen molar-refractivity contribution < 1.29 is 26.4 Å². The largest absolute Gasteiger partial charge is 0.341 e. The third-order valence-corrected chi connectivity index (χ3v) is 6.44. The molecule has 0 bridgehead atoms. The van der Waals surface area contributed by atoms with Crippen LogP contribution in [0, 0.1) is 17.6 Å². The average molecular weight is 438 g/mol. The number of benzene rings is 2. The van der Waals surface area contributed by atoms with E-state index in [1.807, 2.05) is 0 Å². The average Bonchev–Trinajstić information content (AvgIpc) is 3.15. The predicted octanol–water partition coefficient (Wildman–Crippen LogP) is 2.97. The molecule has 1 saturated carbocycles. The first kappa shape index (κ1) is 20.9. The molecule has 0 unspecified atom stereocenters. The van der Waals surface area contributed by atoms with Gasteiger partial charge in [0.1, 0.15) is 17.3 Å². The molecule has 1 aliphatic carbocycles. The van der Waals surface area contributed by atoms with Gasteiger partial charge in [-0.1, -0.05) is 30.3 Å². The molecule has 4 rings (SSSR count). The van der Waals surface area contributed by atoms with Crippen LogP contribution in [0.25, 0.3) is 11.1 Å². The molecule has 9 heteroatoms. The van der Waals surface area contributed by atoms with Crippen molar-refractivity contribution in [3.63, 3.8) is 0 Å². The maximum atomic E-state index is 15.8. The Morgan fingerprint density at radius 3 is 2.47 bits per heavy atom. The minimum Gasteiger partial charge on any atom is -0.341 e. The maximum Gasteiger partial charge on any atom is 0.229 e. The minimum absolute atomic E-state index is 0.0809. The summed E-state index contributed by atoms with van der Waals surface area (Å²) >= 11 is 0. The predicted molar refractivity (Wildman–Crippen MR) is 106 cm³/mol. The lowest BCUT2D eigenvalue weighted by Crippen LogP contribution is -2.38. The topological polar surface area (TPSA) is 66.5 Å². The number of nitrogens with zero attached hydrogens (tertiary/aromatic N) is 1. The number of sulfonamides is 1. The lowest BCUT2D eigenvalue weighted by atomic mass is 9.93. The molecule has 1 aliphatic heterocycles. The Morgan fingerprint density at radius 1 is 1.13 bits per heavy atom. The third-order valence-electron chi connectivity index (χ3n) is 5.68. The van der Waals surface area contributed by atoms with Gasteiger partial charge in [-0.25, -0.2) is 26.3 Å². The highest BCUT2D eigenvalue weighted by Crippen LogP contribution is 2.58. The summed E-state index contributed by atoms with van der Waals surface area (Å²) in [5.41, 5.74) is -2.17. The van der Waals surface area contributed by atoms with Crippen LogP contribution in [0.3, 0.4) is 0 Å². The number of likely N-dealkylation sites (tertiary alicyclic amines) is 1. The van der Waals surface area contributed by atoms with E-state index in [2.05, 4.69) is 4.72 Å². The van der Waals surface area contributed by atoms with Crippen molar-refractivity contribution in [2.75, 3.05) is 19.3 Å². The number of hydrogen-bond acceptors (Lipinski definition) is 3. The van der Waals surface area contributed by atoms with Gasteiger partial charge in [0.15, 0.2) is 0 Å². The van der Waals surface area contributed by atoms with Crippen LogP contribution in [-0.4, -0.2) is 44.6 Å². The lowest BCUT2D eigenvalue weighted by molar-refractivity contribution is -0.132. The van der Waals surface area contributed by atoms with E-state index in [4.69, 9.17) is 0 Å². The zero-order valence-corrected chi connectivity index (χ0v) is 17.1. The molecule has 5 nitrogen and oxygen atoms in total. The van der Waals surface area contributed by atoms with Crippen molar-refractivity contribution in [1.29, 1.82) is 0 Å². The van der Waals surface area contributed by atoms with E-state index < -0.39 is 45.2 Å². The zero-order chi connectivity index (χ0) is 21.7. The summed E-state index contributed by atoms with van der Waals surface area (Å²) in [5.74, 6) is -2.99. The van der Waals surface area contributed by atoms with Crippen molar-refractivity contribution in [3.05, 3.63) is 59.7 Å². The van der Waals surface area contributed by atoms with E-state index in [0.29, 0.717) is 13.0 Å². The highest BCUT2D eigenvalue weighted by Gasteiger charge is 2.62. The van der Waals surface area contributed by atoms with Crippen LogP contribution in [0.1, 0.15) is 18.4 Å². The summed E-state index contributed by atoms with van der Waals surface area (Å²) in [6.07, 6.45) is 1.41. The van der Waals surface area contributed by atoms with E-state index >= 15 is 4.39 Å². The van der Waals surface area contributed by atoms with E-state index in [-0.39, 0.29) is 29.7 Å². The van der Waals surface area contributed by atoms with Crippen LogP contribution >= 0.6 is 0 Å². The number of carbonyl (C=O) groups is 1. The normalized spacial score (nSPS) is 26.1. The monoisotopic (exact) mass is 438 g/mol. The molecular weight excluding hydrogens is 417 g/mol. The van der Waals surface area contributed by atoms with Gasteiger partial charge in [-0.3, -0.25) is 4.79 Å². The van der Waals surface area contributed by atoms with Crippen LogP contribution in [0.15, 0.2) is 42.5 Å². The highest BCUT2D eigenvalue weighted by atomic mass is 32.2. The summed E-state index contributed by atoms with van der Waals surface area (Å²) in [7, 11) is -3.40. The third kappa shape index (κ3) is 3.83. The van der Waals surface area contributed by atoms with E-state index in [0.717, 1.165) is 18.4 Å². The molecule has 1 N–H and O–H groups in total. The summed E-state index contributed by atoms with van der Waals surface area (Å²) in [5, 5.41) is 0. The van der Waals surface area contributed by atoms with E-state index in [9.17, 15) is 22.0 Å². The molecule has 2 aromatic rings. The lowest BCUT2D eigenvalue weighted by Gasteiger charge is -2.19. The van der Waals surface area contributed by atoms with Gasteiger partial charge in [-0.05, 0) is 29.7 Å². The van der Waals surface area contributed by atoms with Gasteiger partial charge in [-0.15, -0.1) is 0 Å². The Kier molecular flexibility index (Phi) is 5.14. The molecular formula is C21H21F3N2O3S. The molecule has 1 heterocycles. The van der Waals surface area contributed by atoms with Crippen molar-refractivity contribution >= 4 is 15.9 Å². The fourth-order valence-electron chi connectivity index (χ4n) is 4.22. The second kappa shape index (κ2) is 7.39. The molecule has 0 spiro atoms. The van der Waals surface area contributed by atoms with Gasteiger partial charge in [-0.2, -0.15) is 0 Å². The van der Waals surface area contributed by atoms with Crippen molar-refractivity contribution in [1.82, 2.24) is 9.62 Å². The second-order valence-electron chi connectivity index (χ2n) is 7.92. The van der Waals surface area contributed by atoms with E-state index in [1.165, 1.54) is 23.1 Å². The molecule has 2 aromatic carbocycles. The van der Waals surface area contributed by atoms with Gasteiger partial charge in [0.2, 0.25) is 15.9 Å². The highest BCUT2D eigenvalue weighted by molar-refractivity contribution is 7.88. The standard InChI is InChI=1S/C21H21F3N2O3S/c1-30(28,29)25-13-9-10-26(12-13)20(27)16-11-21(16,24)15-6-3-2-5-14(15)19-17(22)7-4-8-18(19)23/h2-8,13,16,25H,9-12H2,1H3/t13-,16+,21-/m0/s1. The first-order valence-corrected chi connectivity index (χ1v) is 11.5. The SMILES string of the molecule is CS(=O)(=O)N[C@H]1CCN(C(=O)[C@H]2C[C@]2(F)c2ccccc2-c2c(F)cccc2F)C1. The number of carbonyl (C=O) groups excluding carboxylic acids is 1. The van der Waals surface area contributed by atoms with Gasteiger partial charge in [0.25, 0.3) is 0 Å².